The Morgan fingerprint density at radius 3 is 2.81 bits per heavy atom. The molecule has 1 nitrogen and oxygen atoms in total. The van der Waals surface area contributed by atoms with E-state index in [1.165, 1.54) is 42.5 Å². The summed E-state index contributed by atoms with van der Waals surface area (Å²) in [5, 5.41) is 4.50. The number of hydrogen-bond acceptors (Lipinski definition) is 1. The summed E-state index contributed by atoms with van der Waals surface area (Å²) >= 11 is 6.18. The van der Waals surface area contributed by atoms with Gasteiger partial charge in [-0.2, -0.15) is 0 Å². The predicted molar refractivity (Wildman–Crippen MR) is 70.3 cm³/mol. The van der Waals surface area contributed by atoms with E-state index in [1.807, 2.05) is 6.07 Å². The lowest BCUT2D eigenvalue weighted by Crippen LogP contribution is -2.35. The lowest BCUT2D eigenvalue weighted by atomic mass is 9.92. The second-order valence-electron chi connectivity index (χ2n) is 4.82. The summed E-state index contributed by atoms with van der Waals surface area (Å²) in [4.78, 5) is 0. The van der Waals surface area contributed by atoms with Gasteiger partial charge in [-0.15, -0.1) is 0 Å². The van der Waals surface area contributed by atoms with Crippen LogP contribution in [0.3, 0.4) is 0 Å². The molecule has 0 spiro atoms. The van der Waals surface area contributed by atoms with Gasteiger partial charge in [-0.25, -0.2) is 0 Å². The van der Waals surface area contributed by atoms with Gasteiger partial charge >= 0.3 is 0 Å². The Morgan fingerprint density at radius 1 is 1.31 bits per heavy atom. The molecule has 0 bridgehead atoms. The molecule has 1 unspecified atom stereocenters. The molecule has 2 rings (SSSR count). The quantitative estimate of drug-likeness (QED) is 0.828. The zero-order valence-corrected chi connectivity index (χ0v) is 10.9. The van der Waals surface area contributed by atoms with Gasteiger partial charge in [-0.1, -0.05) is 24.1 Å². The van der Waals surface area contributed by atoms with Gasteiger partial charge in [0.05, 0.1) is 0 Å². The van der Waals surface area contributed by atoms with E-state index in [0.717, 1.165) is 11.4 Å². The predicted octanol–water partition coefficient (Wildman–Crippen LogP) is 3.64. The van der Waals surface area contributed by atoms with Crippen molar-refractivity contribution in [1.29, 1.82) is 0 Å². The van der Waals surface area contributed by atoms with E-state index in [1.54, 1.807) is 0 Å². The Hall–Kier alpha value is -0.530. The average molecular weight is 238 g/mol. The molecule has 1 aromatic carbocycles. The van der Waals surface area contributed by atoms with E-state index < -0.39 is 0 Å². The topological polar surface area (TPSA) is 12.0 Å². The van der Waals surface area contributed by atoms with E-state index in [2.05, 4.69) is 25.2 Å². The standard InChI is InChI=1S/C14H20ClN/c1-10-6-7-14(15)11(2)13(10)9-12-5-3-4-8-16-12/h6-7,12,16H,3-5,8-9H2,1-2H3. The average Bonchev–Trinajstić information content (AvgIpc) is 2.31. The van der Waals surface area contributed by atoms with E-state index in [0.29, 0.717) is 6.04 Å². The maximum absolute atomic E-state index is 6.18. The van der Waals surface area contributed by atoms with E-state index in [9.17, 15) is 0 Å². The highest BCUT2D eigenvalue weighted by atomic mass is 35.5. The van der Waals surface area contributed by atoms with Gasteiger partial charge in [0, 0.05) is 11.1 Å². The molecule has 1 heterocycles. The van der Waals surface area contributed by atoms with Gasteiger partial charge in [-0.3, -0.25) is 0 Å². The van der Waals surface area contributed by atoms with Crippen LogP contribution in [0.15, 0.2) is 12.1 Å². The van der Waals surface area contributed by atoms with Crippen molar-refractivity contribution in [2.45, 2.75) is 45.6 Å². The van der Waals surface area contributed by atoms with Crippen LogP contribution < -0.4 is 5.32 Å². The molecule has 88 valence electrons. The number of aryl methyl sites for hydroxylation is 1. The SMILES string of the molecule is Cc1ccc(Cl)c(C)c1CC1CCCCN1. The molecule has 1 saturated heterocycles. The van der Waals surface area contributed by atoms with Gasteiger partial charge in [0.1, 0.15) is 0 Å². The van der Waals surface area contributed by atoms with Crippen LogP contribution >= 0.6 is 11.6 Å². The van der Waals surface area contributed by atoms with Crippen LogP contribution in [-0.2, 0) is 6.42 Å². The fourth-order valence-corrected chi connectivity index (χ4v) is 2.70. The number of nitrogens with one attached hydrogen (secondary N) is 1. The molecule has 0 radical (unpaired) electrons. The second kappa shape index (κ2) is 5.20. The molecule has 1 N–H and O–H groups in total. The van der Waals surface area contributed by atoms with Crippen molar-refractivity contribution in [3.05, 3.63) is 33.8 Å². The van der Waals surface area contributed by atoms with Crippen molar-refractivity contribution < 1.29 is 0 Å². The summed E-state index contributed by atoms with van der Waals surface area (Å²) in [6.07, 6.45) is 5.10. The first-order valence-electron chi connectivity index (χ1n) is 6.16. The first-order valence-corrected chi connectivity index (χ1v) is 6.54. The maximum atomic E-state index is 6.18. The molecule has 1 atom stereocenters. The lowest BCUT2D eigenvalue weighted by molar-refractivity contribution is 0.398. The molecule has 16 heavy (non-hydrogen) atoms. The van der Waals surface area contributed by atoms with E-state index in [4.69, 9.17) is 11.6 Å². The number of benzene rings is 1. The fraction of sp³-hybridized carbons (Fsp3) is 0.571. The van der Waals surface area contributed by atoms with Crippen molar-refractivity contribution in [2.75, 3.05) is 6.54 Å². The van der Waals surface area contributed by atoms with Crippen molar-refractivity contribution in [3.63, 3.8) is 0 Å². The Morgan fingerprint density at radius 2 is 2.12 bits per heavy atom. The minimum Gasteiger partial charge on any atom is -0.314 e. The van der Waals surface area contributed by atoms with E-state index >= 15 is 0 Å². The molecule has 1 fully saturated rings. The van der Waals surface area contributed by atoms with Gasteiger partial charge < -0.3 is 5.32 Å². The Labute approximate surface area is 103 Å². The van der Waals surface area contributed by atoms with Crippen LogP contribution in [0.25, 0.3) is 0 Å². The van der Waals surface area contributed by atoms with Crippen LogP contribution in [0.2, 0.25) is 5.02 Å². The van der Waals surface area contributed by atoms with Crippen LogP contribution in [0.1, 0.15) is 36.0 Å². The zero-order valence-electron chi connectivity index (χ0n) is 10.1. The summed E-state index contributed by atoms with van der Waals surface area (Å²) in [7, 11) is 0. The minimum atomic E-state index is 0.643. The zero-order chi connectivity index (χ0) is 11.5. The lowest BCUT2D eigenvalue weighted by Gasteiger charge is -2.25. The highest BCUT2D eigenvalue weighted by molar-refractivity contribution is 6.31. The van der Waals surface area contributed by atoms with Crippen LogP contribution in [-0.4, -0.2) is 12.6 Å². The fourth-order valence-electron chi connectivity index (χ4n) is 2.52. The van der Waals surface area contributed by atoms with Crippen molar-refractivity contribution in [3.8, 4) is 0 Å². The summed E-state index contributed by atoms with van der Waals surface area (Å²) in [5.41, 5.74) is 4.07. The van der Waals surface area contributed by atoms with Crippen molar-refractivity contribution in [1.82, 2.24) is 5.32 Å². The Bertz CT molecular complexity index is 367. The summed E-state index contributed by atoms with van der Waals surface area (Å²) in [6.45, 7) is 5.48. The summed E-state index contributed by atoms with van der Waals surface area (Å²) < 4.78 is 0. The van der Waals surface area contributed by atoms with Crippen LogP contribution in [0.4, 0.5) is 0 Å². The second-order valence-corrected chi connectivity index (χ2v) is 5.23. The normalized spacial score (nSPS) is 21.1. The largest absolute Gasteiger partial charge is 0.314 e. The van der Waals surface area contributed by atoms with Gasteiger partial charge in [0.2, 0.25) is 0 Å². The molecule has 0 amide bonds. The molecule has 2 heteroatoms. The first kappa shape index (κ1) is 11.9. The highest BCUT2D eigenvalue weighted by Crippen LogP contribution is 2.24. The van der Waals surface area contributed by atoms with Crippen LogP contribution in [0.5, 0.6) is 0 Å². The molecular formula is C14H20ClN. The monoisotopic (exact) mass is 237 g/mol. The molecule has 1 aromatic rings. The smallest absolute Gasteiger partial charge is 0.0438 e. The molecule has 0 aromatic heterocycles. The molecular weight excluding hydrogens is 218 g/mol. The minimum absolute atomic E-state index is 0.643. The molecule has 0 aliphatic carbocycles. The first-order chi connectivity index (χ1) is 7.68. The molecule has 1 aliphatic heterocycles. The third-order valence-electron chi connectivity index (χ3n) is 3.63. The Kier molecular flexibility index (Phi) is 3.88. The summed E-state index contributed by atoms with van der Waals surface area (Å²) in [6, 6.07) is 4.78. The third-order valence-corrected chi connectivity index (χ3v) is 4.04. The third kappa shape index (κ3) is 2.58. The van der Waals surface area contributed by atoms with Crippen molar-refractivity contribution >= 4 is 11.6 Å². The van der Waals surface area contributed by atoms with E-state index in [-0.39, 0.29) is 0 Å². The van der Waals surface area contributed by atoms with Crippen molar-refractivity contribution in [2.24, 2.45) is 0 Å². The molecule has 0 saturated carbocycles. The van der Waals surface area contributed by atoms with Crippen LogP contribution in [0, 0.1) is 13.8 Å². The number of halogens is 1. The number of hydrogen-bond donors (Lipinski definition) is 1. The maximum Gasteiger partial charge on any atom is 0.0438 e. The van der Waals surface area contributed by atoms with Gasteiger partial charge in [-0.05, 0) is 62.4 Å². The van der Waals surface area contributed by atoms with Gasteiger partial charge in [0.15, 0.2) is 0 Å². The number of piperidine rings is 1. The van der Waals surface area contributed by atoms with Gasteiger partial charge in [0.25, 0.3) is 0 Å². The molecule has 1 aliphatic rings. The summed E-state index contributed by atoms with van der Waals surface area (Å²) in [5.74, 6) is 0. The highest BCUT2D eigenvalue weighted by Gasteiger charge is 2.16. The Balaban J connectivity index is 2.16. The number of rotatable bonds is 2.